The fourth-order valence-electron chi connectivity index (χ4n) is 6.44. The predicted molar refractivity (Wildman–Crippen MR) is 234 cm³/mol. The van der Waals surface area contributed by atoms with Gasteiger partial charge in [0.15, 0.2) is 12.1 Å². The number of nitrogens with zero attached hydrogens (tertiary/aromatic N) is 1. The Labute approximate surface area is 344 Å². The van der Waals surface area contributed by atoms with Gasteiger partial charge in [-0.15, -0.1) is 0 Å². The SMILES string of the molecule is CC/C=C/C/C=C/C/C=C/CCCCCCCCCCCCCC(=O)OC(COCCC(C(=O)O)[N+](C)(C)C)COC(=O)CCCCCCC/C=C/CCCC. The van der Waals surface area contributed by atoms with Crippen molar-refractivity contribution in [3.8, 4) is 0 Å². The summed E-state index contributed by atoms with van der Waals surface area (Å²) < 4.78 is 17.3. The van der Waals surface area contributed by atoms with E-state index in [-0.39, 0.29) is 36.2 Å². The number of quaternary nitrogens is 1. The zero-order chi connectivity index (χ0) is 41.4. The Bertz CT molecular complexity index is 1060. The summed E-state index contributed by atoms with van der Waals surface area (Å²) in [6, 6.07) is -0.616. The van der Waals surface area contributed by atoms with Crippen molar-refractivity contribution in [3.63, 3.8) is 0 Å². The number of hydrogen-bond donors (Lipinski definition) is 1. The molecule has 324 valence electrons. The van der Waals surface area contributed by atoms with Gasteiger partial charge < -0.3 is 23.8 Å². The Morgan fingerprint density at radius 3 is 1.50 bits per heavy atom. The molecule has 56 heavy (non-hydrogen) atoms. The molecule has 0 saturated carbocycles. The highest BCUT2D eigenvalue weighted by Crippen LogP contribution is 2.15. The number of ether oxygens (including phenoxy) is 3. The van der Waals surface area contributed by atoms with Crippen molar-refractivity contribution in [2.24, 2.45) is 0 Å². The lowest BCUT2D eigenvalue weighted by Gasteiger charge is -2.31. The van der Waals surface area contributed by atoms with Gasteiger partial charge >= 0.3 is 17.9 Å². The van der Waals surface area contributed by atoms with Gasteiger partial charge in [0, 0.05) is 19.3 Å². The average molecular weight is 789 g/mol. The number of allylic oxidation sites excluding steroid dienone is 8. The summed E-state index contributed by atoms with van der Waals surface area (Å²) in [7, 11) is 5.52. The number of likely N-dealkylation sites (N-methyl/N-ethyl adjacent to an activating group) is 1. The largest absolute Gasteiger partial charge is 0.477 e. The molecular weight excluding hydrogens is 703 g/mol. The molecule has 0 fully saturated rings. The third-order valence-electron chi connectivity index (χ3n) is 9.96. The predicted octanol–water partition coefficient (Wildman–Crippen LogP) is 12.4. The van der Waals surface area contributed by atoms with Crippen LogP contribution in [0.3, 0.4) is 0 Å². The van der Waals surface area contributed by atoms with E-state index in [4.69, 9.17) is 14.2 Å². The van der Waals surface area contributed by atoms with Gasteiger partial charge in [0.1, 0.15) is 6.61 Å². The lowest BCUT2D eigenvalue weighted by molar-refractivity contribution is -0.887. The molecule has 0 aromatic rings. The molecule has 0 aliphatic carbocycles. The fraction of sp³-hybridized carbons (Fsp3) is 0.771. The molecule has 0 saturated heterocycles. The van der Waals surface area contributed by atoms with Crippen molar-refractivity contribution >= 4 is 17.9 Å². The molecule has 0 heterocycles. The standard InChI is InChI=1S/C48H85NO7/c1-6-8-10-12-14-16-18-19-20-21-22-23-24-25-26-27-29-31-33-35-37-39-47(51)56-44(42-54-41-40-45(48(52)53)49(3,4)5)43-55-46(50)38-36-34-32-30-28-17-15-13-11-9-7-2/h8,10,13-16,19-20,44-45H,6-7,9,11-12,17-18,21-43H2,1-5H3/p+1/b10-8+,15-13+,16-14+,20-19+. The van der Waals surface area contributed by atoms with Gasteiger partial charge in [-0.3, -0.25) is 9.59 Å². The first-order valence-electron chi connectivity index (χ1n) is 22.7. The van der Waals surface area contributed by atoms with E-state index in [1.54, 1.807) is 0 Å². The maximum Gasteiger partial charge on any atom is 0.362 e. The molecule has 1 N–H and O–H groups in total. The van der Waals surface area contributed by atoms with Crippen LogP contribution in [0.25, 0.3) is 0 Å². The van der Waals surface area contributed by atoms with E-state index in [1.165, 1.54) is 83.5 Å². The Morgan fingerprint density at radius 2 is 1.00 bits per heavy atom. The summed E-state index contributed by atoms with van der Waals surface area (Å²) in [6.07, 6.45) is 45.8. The number of unbranched alkanes of at least 4 members (excludes halogenated alkanes) is 18. The zero-order valence-electron chi connectivity index (χ0n) is 36.8. The van der Waals surface area contributed by atoms with Gasteiger partial charge in [-0.2, -0.15) is 0 Å². The summed E-state index contributed by atoms with van der Waals surface area (Å²) >= 11 is 0. The van der Waals surface area contributed by atoms with E-state index in [0.717, 1.165) is 70.6 Å². The molecule has 2 unspecified atom stereocenters. The first kappa shape index (κ1) is 53.3. The Morgan fingerprint density at radius 1 is 0.554 bits per heavy atom. The highest BCUT2D eigenvalue weighted by Gasteiger charge is 2.31. The highest BCUT2D eigenvalue weighted by molar-refractivity contribution is 5.72. The maximum absolute atomic E-state index is 12.7. The zero-order valence-corrected chi connectivity index (χ0v) is 36.8. The normalized spacial score (nSPS) is 13.4. The van der Waals surface area contributed by atoms with Crippen LogP contribution in [0, 0.1) is 0 Å². The van der Waals surface area contributed by atoms with Crippen LogP contribution >= 0.6 is 0 Å². The lowest BCUT2D eigenvalue weighted by atomic mass is 10.0. The number of esters is 2. The third-order valence-corrected chi connectivity index (χ3v) is 9.96. The average Bonchev–Trinajstić information content (AvgIpc) is 3.15. The molecule has 0 aromatic carbocycles. The van der Waals surface area contributed by atoms with Crippen LogP contribution in [0.4, 0.5) is 0 Å². The van der Waals surface area contributed by atoms with Gasteiger partial charge in [0.2, 0.25) is 0 Å². The van der Waals surface area contributed by atoms with E-state index < -0.39 is 18.1 Å². The summed E-state index contributed by atoms with van der Waals surface area (Å²) in [5, 5.41) is 9.62. The Kier molecular flexibility index (Phi) is 37.2. The molecule has 0 bridgehead atoms. The fourth-order valence-corrected chi connectivity index (χ4v) is 6.44. The van der Waals surface area contributed by atoms with Crippen molar-refractivity contribution in [1.82, 2.24) is 0 Å². The molecule has 8 heteroatoms. The molecule has 0 radical (unpaired) electrons. The van der Waals surface area contributed by atoms with E-state index >= 15 is 0 Å². The Balaban J connectivity index is 4.26. The molecule has 2 atom stereocenters. The van der Waals surface area contributed by atoms with Crippen LogP contribution in [0.1, 0.15) is 187 Å². The van der Waals surface area contributed by atoms with Crippen LogP contribution in [-0.4, -0.2) is 80.6 Å². The number of hydrogen-bond acceptors (Lipinski definition) is 6. The van der Waals surface area contributed by atoms with Crippen LogP contribution < -0.4 is 0 Å². The molecule has 0 rings (SSSR count). The van der Waals surface area contributed by atoms with E-state index in [9.17, 15) is 19.5 Å². The second kappa shape index (κ2) is 39.1. The number of carboxylic acids is 1. The topological polar surface area (TPSA) is 99.1 Å². The minimum atomic E-state index is -0.877. The van der Waals surface area contributed by atoms with Crippen molar-refractivity contribution < 1.29 is 38.2 Å². The van der Waals surface area contributed by atoms with Crippen molar-refractivity contribution in [2.45, 2.75) is 199 Å². The molecule has 0 aliphatic heterocycles. The second-order valence-corrected chi connectivity index (χ2v) is 16.3. The minimum Gasteiger partial charge on any atom is -0.477 e. The number of rotatable bonds is 40. The van der Waals surface area contributed by atoms with Gasteiger partial charge in [0.25, 0.3) is 0 Å². The van der Waals surface area contributed by atoms with Crippen LogP contribution in [0.5, 0.6) is 0 Å². The van der Waals surface area contributed by atoms with Gasteiger partial charge in [0.05, 0.1) is 34.4 Å². The first-order chi connectivity index (χ1) is 27.1. The van der Waals surface area contributed by atoms with Crippen LogP contribution in [0.15, 0.2) is 48.6 Å². The van der Waals surface area contributed by atoms with Gasteiger partial charge in [-0.1, -0.05) is 152 Å². The van der Waals surface area contributed by atoms with Crippen LogP contribution in [0.2, 0.25) is 0 Å². The number of carbonyl (C=O) groups is 3. The second-order valence-electron chi connectivity index (χ2n) is 16.3. The first-order valence-corrected chi connectivity index (χ1v) is 22.7. The molecule has 0 amide bonds. The molecule has 8 nitrogen and oxygen atoms in total. The summed E-state index contributed by atoms with van der Waals surface area (Å²) in [6.45, 7) is 4.58. The summed E-state index contributed by atoms with van der Waals surface area (Å²) in [5.74, 6) is -1.48. The summed E-state index contributed by atoms with van der Waals surface area (Å²) in [4.78, 5) is 36.9. The number of carboxylic acid groups (broad SMARTS) is 1. The third kappa shape index (κ3) is 36.9. The molecular formula is C48H86NO7+. The quantitative estimate of drug-likeness (QED) is 0.0286. The molecule has 0 aliphatic rings. The molecule has 0 aromatic heterocycles. The highest BCUT2D eigenvalue weighted by atomic mass is 16.6. The monoisotopic (exact) mass is 789 g/mol. The smallest absolute Gasteiger partial charge is 0.362 e. The maximum atomic E-state index is 12.7. The summed E-state index contributed by atoms with van der Waals surface area (Å²) in [5.41, 5.74) is 0. The van der Waals surface area contributed by atoms with E-state index in [0.29, 0.717) is 19.3 Å². The Hall–Kier alpha value is -2.71. The number of aliphatic carboxylic acids is 1. The number of carbonyl (C=O) groups excluding carboxylic acids is 2. The van der Waals surface area contributed by atoms with E-state index in [1.807, 2.05) is 21.1 Å². The van der Waals surface area contributed by atoms with Gasteiger partial charge in [-0.25, -0.2) is 4.79 Å². The van der Waals surface area contributed by atoms with Crippen molar-refractivity contribution in [2.75, 3.05) is 41.0 Å². The lowest BCUT2D eigenvalue weighted by Crippen LogP contribution is -2.50. The van der Waals surface area contributed by atoms with Gasteiger partial charge in [-0.05, 0) is 64.2 Å². The van der Waals surface area contributed by atoms with Crippen LogP contribution in [-0.2, 0) is 28.6 Å². The molecule has 0 spiro atoms. The van der Waals surface area contributed by atoms with E-state index in [2.05, 4.69) is 62.5 Å². The minimum absolute atomic E-state index is 0.0564. The van der Waals surface area contributed by atoms with Crippen molar-refractivity contribution in [1.29, 1.82) is 0 Å². The van der Waals surface area contributed by atoms with Crippen molar-refractivity contribution in [3.05, 3.63) is 48.6 Å².